The molecule has 1 aromatic heterocycles. The molecule has 0 aliphatic carbocycles. The fourth-order valence-electron chi connectivity index (χ4n) is 2.31. The van der Waals surface area contributed by atoms with Crippen molar-refractivity contribution in [1.29, 1.82) is 0 Å². The van der Waals surface area contributed by atoms with E-state index < -0.39 is 0 Å². The summed E-state index contributed by atoms with van der Waals surface area (Å²) in [6.07, 6.45) is 4.01. The van der Waals surface area contributed by atoms with Crippen molar-refractivity contribution < 1.29 is 0 Å². The summed E-state index contributed by atoms with van der Waals surface area (Å²) in [5, 5.41) is 8.57. The van der Waals surface area contributed by atoms with E-state index in [1.807, 2.05) is 0 Å². The van der Waals surface area contributed by atoms with Crippen LogP contribution in [0, 0.1) is 0 Å². The first-order valence-electron chi connectivity index (χ1n) is 6.10. The summed E-state index contributed by atoms with van der Waals surface area (Å²) in [4.78, 5) is 1.26. The van der Waals surface area contributed by atoms with Crippen LogP contribution >= 0.6 is 11.8 Å². The van der Waals surface area contributed by atoms with Gasteiger partial charge >= 0.3 is 0 Å². The number of nitrogens with zero attached hydrogens (tertiary/aromatic N) is 3. The summed E-state index contributed by atoms with van der Waals surface area (Å²) in [6.45, 7) is 0.821. The maximum Gasteiger partial charge on any atom is 0.164 e. The second-order valence-corrected chi connectivity index (χ2v) is 5.46. The Labute approximate surface area is 111 Å². The summed E-state index contributed by atoms with van der Waals surface area (Å²) in [7, 11) is 0. The van der Waals surface area contributed by atoms with Gasteiger partial charge in [-0.1, -0.05) is 12.1 Å². The van der Waals surface area contributed by atoms with Gasteiger partial charge in [0.25, 0.3) is 0 Å². The van der Waals surface area contributed by atoms with E-state index in [0.29, 0.717) is 0 Å². The first-order valence-corrected chi connectivity index (χ1v) is 7.32. The van der Waals surface area contributed by atoms with Crippen molar-refractivity contribution in [1.82, 2.24) is 14.8 Å². The van der Waals surface area contributed by atoms with Gasteiger partial charge in [-0.25, -0.2) is 0 Å². The number of nitrogens with two attached hydrogens (primary N) is 1. The van der Waals surface area contributed by atoms with E-state index in [4.69, 9.17) is 5.73 Å². The SMILES string of the molecule is CSc1ccc(-c2nnc3n2CC(N)CC3)cc1. The summed E-state index contributed by atoms with van der Waals surface area (Å²) < 4.78 is 2.16. The fourth-order valence-corrected chi connectivity index (χ4v) is 2.71. The van der Waals surface area contributed by atoms with E-state index in [9.17, 15) is 0 Å². The number of benzene rings is 1. The molecule has 1 atom stereocenters. The maximum absolute atomic E-state index is 6.02. The summed E-state index contributed by atoms with van der Waals surface area (Å²) in [6, 6.07) is 8.65. The number of rotatable bonds is 2. The fraction of sp³-hybridized carbons (Fsp3) is 0.385. The van der Waals surface area contributed by atoms with Crippen molar-refractivity contribution in [2.24, 2.45) is 5.73 Å². The van der Waals surface area contributed by atoms with Crippen LogP contribution in [-0.4, -0.2) is 27.1 Å². The molecular formula is C13H16N4S. The molecule has 0 radical (unpaired) electrons. The Bertz CT molecular complexity index is 547. The standard InChI is InChI=1S/C13H16N4S/c1-18-11-5-2-9(3-6-11)13-16-15-12-7-4-10(14)8-17(12)13/h2-3,5-6,10H,4,7-8,14H2,1H3. The molecule has 5 heteroatoms. The molecular weight excluding hydrogens is 244 g/mol. The molecule has 3 rings (SSSR count). The number of fused-ring (bicyclic) bond motifs is 1. The minimum Gasteiger partial charge on any atom is -0.326 e. The molecule has 0 fully saturated rings. The Morgan fingerprint density at radius 3 is 2.78 bits per heavy atom. The Morgan fingerprint density at radius 2 is 2.06 bits per heavy atom. The number of hydrogen-bond acceptors (Lipinski definition) is 4. The van der Waals surface area contributed by atoms with Crippen LogP contribution in [0.4, 0.5) is 0 Å². The van der Waals surface area contributed by atoms with Crippen molar-refractivity contribution in [2.75, 3.05) is 6.26 Å². The average Bonchev–Trinajstić information content (AvgIpc) is 2.82. The van der Waals surface area contributed by atoms with Crippen LogP contribution in [0.3, 0.4) is 0 Å². The summed E-state index contributed by atoms with van der Waals surface area (Å²) in [5.41, 5.74) is 7.13. The molecule has 2 N–H and O–H groups in total. The highest BCUT2D eigenvalue weighted by molar-refractivity contribution is 7.98. The third-order valence-electron chi connectivity index (χ3n) is 3.33. The third-order valence-corrected chi connectivity index (χ3v) is 4.07. The molecule has 1 aliphatic heterocycles. The van der Waals surface area contributed by atoms with E-state index in [1.54, 1.807) is 11.8 Å². The van der Waals surface area contributed by atoms with Crippen LogP contribution in [0.1, 0.15) is 12.2 Å². The van der Waals surface area contributed by atoms with Gasteiger partial charge < -0.3 is 10.3 Å². The first kappa shape index (κ1) is 11.7. The molecule has 0 amide bonds. The number of aryl methyl sites for hydroxylation is 1. The second kappa shape index (κ2) is 4.74. The molecule has 0 saturated carbocycles. The van der Waals surface area contributed by atoms with Crippen LogP contribution in [0.15, 0.2) is 29.2 Å². The smallest absolute Gasteiger partial charge is 0.164 e. The Balaban J connectivity index is 1.98. The second-order valence-electron chi connectivity index (χ2n) is 4.58. The van der Waals surface area contributed by atoms with E-state index in [0.717, 1.165) is 36.6 Å². The summed E-state index contributed by atoms with van der Waals surface area (Å²) >= 11 is 1.74. The van der Waals surface area contributed by atoms with Gasteiger partial charge in [0.2, 0.25) is 0 Å². The zero-order valence-electron chi connectivity index (χ0n) is 10.3. The molecule has 0 saturated heterocycles. The lowest BCUT2D eigenvalue weighted by Crippen LogP contribution is -2.32. The van der Waals surface area contributed by atoms with Crippen LogP contribution in [0.5, 0.6) is 0 Å². The number of hydrogen-bond donors (Lipinski definition) is 1. The Morgan fingerprint density at radius 1 is 1.28 bits per heavy atom. The lowest BCUT2D eigenvalue weighted by atomic mass is 10.1. The van der Waals surface area contributed by atoms with Gasteiger partial charge in [-0.3, -0.25) is 0 Å². The Kier molecular flexibility index (Phi) is 3.09. The lowest BCUT2D eigenvalue weighted by Gasteiger charge is -2.20. The molecule has 0 bridgehead atoms. The van der Waals surface area contributed by atoms with Crippen molar-refractivity contribution in [2.45, 2.75) is 30.3 Å². The van der Waals surface area contributed by atoms with Gasteiger partial charge in [-0.05, 0) is 24.8 Å². The van der Waals surface area contributed by atoms with Crippen LogP contribution in [0.2, 0.25) is 0 Å². The van der Waals surface area contributed by atoms with Crippen molar-refractivity contribution in [3.05, 3.63) is 30.1 Å². The highest BCUT2D eigenvalue weighted by atomic mass is 32.2. The van der Waals surface area contributed by atoms with Gasteiger partial charge in [0, 0.05) is 29.5 Å². The predicted molar refractivity (Wildman–Crippen MR) is 73.5 cm³/mol. The van der Waals surface area contributed by atoms with E-state index in [-0.39, 0.29) is 6.04 Å². The van der Waals surface area contributed by atoms with E-state index in [1.165, 1.54) is 4.90 Å². The zero-order valence-corrected chi connectivity index (χ0v) is 11.2. The van der Waals surface area contributed by atoms with Gasteiger partial charge in [0.05, 0.1) is 0 Å². The molecule has 2 aromatic rings. The van der Waals surface area contributed by atoms with Crippen molar-refractivity contribution >= 4 is 11.8 Å². The molecule has 4 nitrogen and oxygen atoms in total. The van der Waals surface area contributed by atoms with Gasteiger partial charge in [-0.15, -0.1) is 22.0 Å². The summed E-state index contributed by atoms with van der Waals surface area (Å²) in [5.74, 6) is 1.99. The molecule has 94 valence electrons. The van der Waals surface area contributed by atoms with Crippen molar-refractivity contribution in [3.63, 3.8) is 0 Å². The maximum atomic E-state index is 6.02. The minimum absolute atomic E-state index is 0.220. The molecule has 1 aromatic carbocycles. The molecule has 1 unspecified atom stereocenters. The topological polar surface area (TPSA) is 56.7 Å². The van der Waals surface area contributed by atoms with Crippen LogP contribution in [-0.2, 0) is 13.0 Å². The number of aromatic nitrogens is 3. The lowest BCUT2D eigenvalue weighted by molar-refractivity contribution is 0.456. The normalized spacial score (nSPS) is 18.7. The van der Waals surface area contributed by atoms with Gasteiger partial charge in [-0.2, -0.15) is 0 Å². The Hall–Kier alpha value is -1.33. The minimum atomic E-state index is 0.220. The van der Waals surface area contributed by atoms with E-state index in [2.05, 4.69) is 45.3 Å². The van der Waals surface area contributed by atoms with Crippen LogP contribution < -0.4 is 5.73 Å². The zero-order chi connectivity index (χ0) is 12.5. The van der Waals surface area contributed by atoms with Gasteiger partial charge in [0.15, 0.2) is 5.82 Å². The van der Waals surface area contributed by atoms with Crippen molar-refractivity contribution in [3.8, 4) is 11.4 Å². The molecule has 2 heterocycles. The predicted octanol–water partition coefficient (Wildman–Crippen LogP) is 1.94. The highest BCUT2D eigenvalue weighted by Gasteiger charge is 2.20. The quantitative estimate of drug-likeness (QED) is 0.838. The molecule has 0 spiro atoms. The largest absolute Gasteiger partial charge is 0.326 e. The van der Waals surface area contributed by atoms with Gasteiger partial charge in [0.1, 0.15) is 5.82 Å². The third kappa shape index (κ3) is 2.04. The van der Waals surface area contributed by atoms with E-state index >= 15 is 0 Å². The highest BCUT2D eigenvalue weighted by Crippen LogP contribution is 2.24. The van der Waals surface area contributed by atoms with Crippen LogP contribution in [0.25, 0.3) is 11.4 Å². The first-order chi connectivity index (χ1) is 8.78. The number of thioether (sulfide) groups is 1. The molecule has 1 aliphatic rings. The monoisotopic (exact) mass is 260 g/mol. The average molecular weight is 260 g/mol. The molecule has 18 heavy (non-hydrogen) atoms.